The first-order valence-electron chi connectivity index (χ1n) is 10.00. The lowest BCUT2D eigenvalue weighted by Gasteiger charge is -2.31. The van der Waals surface area contributed by atoms with Crippen LogP contribution in [0.1, 0.15) is 41.9 Å². The topological polar surface area (TPSA) is 92.5 Å². The number of hydrogen-bond acceptors (Lipinski definition) is 4. The minimum Gasteiger partial charge on any atom is -0.343 e. The highest BCUT2D eigenvalue weighted by molar-refractivity contribution is 5.96. The van der Waals surface area contributed by atoms with E-state index in [1.807, 2.05) is 30.4 Å². The molecule has 4 heterocycles. The maximum atomic E-state index is 12.6. The Labute approximate surface area is 168 Å². The number of carbonyl (C=O) groups is 2. The van der Waals surface area contributed by atoms with Crippen LogP contribution in [0.3, 0.4) is 0 Å². The summed E-state index contributed by atoms with van der Waals surface area (Å²) in [5.74, 6) is 0.176. The summed E-state index contributed by atoms with van der Waals surface area (Å²) in [5, 5.41) is 0. The standard InChI is InChI=1S/C21H25N5O3/c1-24-14-22-12-18(24)20(28)15-7-10-25(11-8-15)19(27)6-2-4-16-13-26-9-3-5-17(26)21(29)23-16/h3,5,9,12-15H,2,4,6-8,10-11H2,1H3,(H,23,29). The normalized spacial score (nSPS) is 15.1. The average Bonchev–Trinajstić information content (AvgIpc) is 3.36. The minimum atomic E-state index is -0.112. The van der Waals surface area contributed by atoms with Crippen molar-refractivity contribution in [3.63, 3.8) is 0 Å². The second-order valence-electron chi connectivity index (χ2n) is 7.67. The third-order valence-corrected chi connectivity index (χ3v) is 5.70. The number of aromatic amines is 1. The fraction of sp³-hybridized carbons (Fsp3) is 0.429. The van der Waals surface area contributed by atoms with Crippen molar-refractivity contribution in [2.75, 3.05) is 13.1 Å². The highest BCUT2D eigenvalue weighted by Crippen LogP contribution is 2.22. The van der Waals surface area contributed by atoms with Gasteiger partial charge >= 0.3 is 0 Å². The predicted octanol–water partition coefficient (Wildman–Crippen LogP) is 1.81. The third-order valence-electron chi connectivity index (χ3n) is 5.70. The molecule has 0 unspecified atom stereocenters. The summed E-state index contributed by atoms with van der Waals surface area (Å²) in [6.07, 6.45) is 10.1. The van der Waals surface area contributed by atoms with E-state index in [2.05, 4.69) is 9.97 Å². The molecule has 0 bridgehead atoms. The van der Waals surface area contributed by atoms with E-state index >= 15 is 0 Å². The number of carbonyl (C=O) groups excluding carboxylic acids is 2. The summed E-state index contributed by atoms with van der Waals surface area (Å²) in [6, 6.07) is 3.61. The number of aryl methyl sites for hydroxylation is 2. The van der Waals surface area contributed by atoms with Crippen LogP contribution in [-0.4, -0.2) is 48.6 Å². The van der Waals surface area contributed by atoms with Gasteiger partial charge in [0, 0.05) is 50.6 Å². The Morgan fingerprint density at radius 2 is 2.07 bits per heavy atom. The molecule has 3 aromatic heterocycles. The van der Waals surface area contributed by atoms with E-state index in [0.29, 0.717) is 56.4 Å². The summed E-state index contributed by atoms with van der Waals surface area (Å²) in [4.78, 5) is 45.9. The molecule has 152 valence electrons. The number of imidazole rings is 1. The number of ketones is 1. The first kappa shape index (κ1) is 19.2. The molecular formula is C21H25N5O3. The number of amides is 1. The van der Waals surface area contributed by atoms with E-state index in [4.69, 9.17) is 0 Å². The molecule has 3 aromatic rings. The second kappa shape index (κ2) is 8.06. The molecular weight excluding hydrogens is 370 g/mol. The summed E-state index contributed by atoms with van der Waals surface area (Å²) in [5.41, 5.74) is 1.96. The zero-order chi connectivity index (χ0) is 20.4. The van der Waals surface area contributed by atoms with Crippen molar-refractivity contribution in [3.05, 3.63) is 58.8 Å². The van der Waals surface area contributed by atoms with E-state index in [1.54, 1.807) is 27.6 Å². The summed E-state index contributed by atoms with van der Waals surface area (Å²) in [7, 11) is 1.82. The summed E-state index contributed by atoms with van der Waals surface area (Å²) < 4.78 is 3.55. The van der Waals surface area contributed by atoms with Crippen LogP contribution in [0, 0.1) is 5.92 Å². The van der Waals surface area contributed by atoms with Crippen molar-refractivity contribution < 1.29 is 9.59 Å². The number of fused-ring (bicyclic) bond motifs is 1. The Morgan fingerprint density at radius 1 is 1.28 bits per heavy atom. The minimum absolute atomic E-state index is 0.0483. The highest BCUT2D eigenvalue weighted by atomic mass is 16.2. The molecule has 8 heteroatoms. The van der Waals surface area contributed by atoms with Crippen LogP contribution in [0.2, 0.25) is 0 Å². The van der Waals surface area contributed by atoms with E-state index in [1.165, 1.54) is 0 Å². The number of aromatic nitrogens is 4. The number of piperidine rings is 1. The van der Waals surface area contributed by atoms with Crippen LogP contribution in [-0.2, 0) is 18.3 Å². The van der Waals surface area contributed by atoms with E-state index in [-0.39, 0.29) is 23.2 Å². The van der Waals surface area contributed by atoms with Crippen LogP contribution >= 0.6 is 0 Å². The van der Waals surface area contributed by atoms with Gasteiger partial charge in [0.2, 0.25) is 5.91 Å². The van der Waals surface area contributed by atoms with Gasteiger partial charge in [0.25, 0.3) is 5.56 Å². The van der Waals surface area contributed by atoms with Crippen molar-refractivity contribution in [3.8, 4) is 0 Å². The zero-order valence-electron chi connectivity index (χ0n) is 16.5. The van der Waals surface area contributed by atoms with Gasteiger partial charge in [-0.25, -0.2) is 4.98 Å². The zero-order valence-corrected chi connectivity index (χ0v) is 16.5. The lowest BCUT2D eigenvalue weighted by atomic mass is 9.91. The molecule has 0 aliphatic carbocycles. The molecule has 0 aromatic carbocycles. The largest absolute Gasteiger partial charge is 0.343 e. The number of nitrogens with one attached hydrogen (secondary N) is 1. The Kier molecular flexibility index (Phi) is 5.33. The molecule has 1 amide bonds. The van der Waals surface area contributed by atoms with Crippen molar-refractivity contribution >= 4 is 17.2 Å². The number of hydrogen-bond donors (Lipinski definition) is 1. The Bertz CT molecular complexity index is 1090. The maximum absolute atomic E-state index is 12.6. The van der Waals surface area contributed by atoms with Gasteiger partial charge in [0.05, 0.1) is 12.5 Å². The molecule has 0 radical (unpaired) electrons. The first-order chi connectivity index (χ1) is 14.0. The van der Waals surface area contributed by atoms with E-state index < -0.39 is 0 Å². The molecule has 0 saturated carbocycles. The number of likely N-dealkylation sites (tertiary alicyclic amines) is 1. The lowest BCUT2D eigenvalue weighted by molar-refractivity contribution is -0.132. The quantitative estimate of drug-likeness (QED) is 0.644. The van der Waals surface area contributed by atoms with Gasteiger partial charge in [-0.2, -0.15) is 0 Å². The van der Waals surface area contributed by atoms with Crippen LogP contribution in [0.25, 0.3) is 5.52 Å². The fourth-order valence-electron chi connectivity index (χ4n) is 4.02. The Balaban J connectivity index is 1.26. The number of rotatable bonds is 6. The van der Waals surface area contributed by atoms with Crippen LogP contribution in [0.15, 0.2) is 41.8 Å². The average molecular weight is 395 g/mol. The van der Waals surface area contributed by atoms with E-state index in [9.17, 15) is 14.4 Å². The van der Waals surface area contributed by atoms with Gasteiger partial charge in [-0.1, -0.05) is 0 Å². The smallest absolute Gasteiger partial charge is 0.272 e. The molecule has 1 aliphatic rings. The van der Waals surface area contributed by atoms with Gasteiger partial charge in [-0.05, 0) is 37.8 Å². The van der Waals surface area contributed by atoms with Gasteiger partial charge in [-0.15, -0.1) is 0 Å². The van der Waals surface area contributed by atoms with Gasteiger partial charge in [0.1, 0.15) is 11.2 Å². The monoisotopic (exact) mass is 395 g/mol. The van der Waals surface area contributed by atoms with Gasteiger partial charge in [0.15, 0.2) is 5.78 Å². The molecule has 1 saturated heterocycles. The molecule has 4 rings (SSSR count). The number of Topliss-reactive ketones (excluding diaryl/α,β-unsaturated/α-hetero) is 1. The van der Waals surface area contributed by atoms with Crippen LogP contribution in [0.4, 0.5) is 0 Å². The van der Waals surface area contributed by atoms with Crippen molar-refractivity contribution in [2.24, 2.45) is 13.0 Å². The summed E-state index contributed by atoms with van der Waals surface area (Å²) in [6.45, 7) is 1.22. The molecule has 8 nitrogen and oxygen atoms in total. The first-order valence-corrected chi connectivity index (χ1v) is 10.00. The van der Waals surface area contributed by atoms with Crippen molar-refractivity contribution in [1.82, 2.24) is 23.8 Å². The molecule has 0 spiro atoms. The maximum Gasteiger partial charge on any atom is 0.272 e. The Morgan fingerprint density at radius 3 is 2.79 bits per heavy atom. The molecule has 29 heavy (non-hydrogen) atoms. The van der Waals surface area contributed by atoms with Gasteiger partial charge < -0.3 is 18.9 Å². The lowest BCUT2D eigenvalue weighted by Crippen LogP contribution is -2.40. The predicted molar refractivity (Wildman–Crippen MR) is 108 cm³/mol. The fourth-order valence-corrected chi connectivity index (χ4v) is 4.02. The van der Waals surface area contributed by atoms with Crippen LogP contribution < -0.4 is 5.56 Å². The molecule has 1 aliphatic heterocycles. The summed E-state index contributed by atoms with van der Waals surface area (Å²) >= 11 is 0. The third kappa shape index (κ3) is 4.01. The second-order valence-corrected chi connectivity index (χ2v) is 7.67. The van der Waals surface area contributed by atoms with Gasteiger partial charge in [-0.3, -0.25) is 14.4 Å². The number of nitrogens with zero attached hydrogens (tertiary/aromatic N) is 4. The Hall–Kier alpha value is -3.16. The van der Waals surface area contributed by atoms with E-state index in [0.717, 1.165) is 5.69 Å². The highest BCUT2D eigenvalue weighted by Gasteiger charge is 2.28. The van der Waals surface area contributed by atoms with Crippen molar-refractivity contribution in [1.29, 1.82) is 0 Å². The molecule has 0 atom stereocenters. The SMILES string of the molecule is Cn1cncc1C(=O)C1CCN(C(=O)CCCc2cn3cccc3c(=O)[nH]2)CC1. The number of H-pyrrole nitrogens is 1. The molecule has 1 N–H and O–H groups in total. The van der Waals surface area contributed by atoms with Crippen molar-refractivity contribution in [2.45, 2.75) is 32.1 Å². The molecule has 1 fully saturated rings. The van der Waals surface area contributed by atoms with Crippen LogP contribution in [0.5, 0.6) is 0 Å².